The predicted molar refractivity (Wildman–Crippen MR) is 80.5 cm³/mol. The Balaban J connectivity index is 3.43. The van der Waals surface area contributed by atoms with Crippen LogP contribution >= 0.6 is 0 Å². The summed E-state index contributed by atoms with van der Waals surface area (Å²) in [6.45, 7) is 2.45. The Kier molecular flexibility index (Phi) is 6.44. The summed E-state index contributed by atoms with van der Waals surface area (Å²) in [6, 6.07) is 5.71. The Labute approximate surface area is 137 Å². The van der Waals surface area contributed by atoms with Crippen LogP contribution in [0.25, 0.3) is 0 Å². The highest BCUT2D eigenvalue weighted by Crippen LogP contribution is 2.36. The van der Waals surface area contributed by atoms with Gasteiger partial charge >= 0.3 is 17.8 Å². The van der Waals surface area contributed by atoms with E-state index in [-0.39, 0.29) is 24.5 Å². The first-order chi connectivity index (χ1) is 11.2. The Morgan fingerprint density at radius 1 is 1.17 bits per heavy atom. The highest BCUT2D eigenvalue weighted by molar-refractivity contribution is 5.91. The third kappa shape index (κ3) is 4.09. The van der Waals surface area contributed by atoms with Gasteiger partial charge < -0.3 is 20.1 Å². The molecule has 1 aromatic carbocycles. The van der Waals surface area contributed by atoms with E-state index in [2.05, 4.69) is 4.74 Å². The number of halogens is 3. The number of rotatable bonds is 7. The van der Waals surface area contributed by atoms with E-state index < -0.39 is 23.7 Å². The Hall–Kier alpha value is -2.45. The lowest BCUT2D eigenvalue weighted by Crippen LogP contribution is -2.69. The summed E-state index contributed by atoms with van der Waals surface area (Å²) in [5, 5.41) is 3.74. The van der Waals surface area contributed by atoms with Crippen molar-refractivity contribution >= 4 is 17.6 Å². The molecular weight excluding hydrogens is 329 g/mol. The van der Waals surface area contributed by atoms with Crippen molar-refractivity contribution in [1.29, 1.82) is 0 Å². The number of para-hydroxylation sites is 2. The van der Waals surface area contributed by atoms with E-state index >= 15 is 0 Å². The van der Waals surface area contributed by atoms with Crippen molar-refractivity contribution in [3.63, 3.8) is 0 Å². The Morgan fingerprint density at radius 3 is 2.29 bits per heavy atom. The lowest BCUT2D eigenvalue weighted by molar-refractivity contribution is -0.207. The van der Waals surface area contributed by atoms with E-state index in [1.807, 2.05) is 5.32 Å². The first kappa shape index (κ1) is 19.6. The maximum Gasteiger partial charge on any atom is 0.441 e. The van der Waals surface area contributed by atoms with Crippen LogP contribution in [0.2, 0.25) is 0 Å². The molecule has 0 aliphatic rings. The fourth-order valence-corrected chi connectivity index (χ4v) is 1.88. The number of hydrogen-bond donors (Lipinski definition) is 2. The number of methoxy groups -OCH3 is 1. The van der Waals surface area contributed by atoms with Gasteiger partial charge in [-0.15, -0.1) is 0 Å². The van der Waals surface area contributed by atoms with E-state index in [1.54, 1.807) is 11.4 Å². The zero-order valence-electron chi connectivity index (χ0n) is 13.5. The predicted octanol–water partition coefficient (Wildman–Crippen LogP) is 2.46. The Morgan fingerprint density at radius 2 is 1.79 bits per heavy atom. The van der Waals surface area contributed by atoms with Gasteiger partial charge in [0.25, 0.3) is 0 Å². The minimum absolute atomic E-state index is 0.0705. The van der Waals surface area contributed by atoms with Crippen LogP contribution in [-0.4, -0.2) is 37.4 Å². The smallest absolute Gasteiger partial charge is 0.441 e. The molecule has 0 aliphatic heterocycles. The number of alkyl halides is 3. The molecule has 0 radical (unpaired) electrons. The molecule has 134 valence electrons. The topological polar surface area (TPSA) is 76.7 Å². The van der Waals surface area contributed by atoms with Crippen molar-refractivity contribution in [2.24, 2.45) is 0 Å². The molecule has 0 fully saturated rings. The van der Waals surface area contributed by atoms with Gasteiger partial charge in [0.05, 0.1) is 19.4 Å². The molecule has 0 spiro atoms. The fraction of sp³-hybridized carbons (Fsp3) is 0.467. The molecule has 0 bridgehead atoms. The summed E-state index contributed by atoms with van der Waals surface area (Å²) in [6.07, 6.45) is -5.41. The lowest BCUT2D eigenvalue weighted by atomic mass is 10.1. The van der Waals surface area contributed by atoms with E-state index in [0.717, 1.165) is 0 Å². The second-order valence-corrected chi connectivity index (χ2v) is 4.70. The van der Waals surface area contributed by atoms with Crippen LogP contribution in [-0.2, 0) is 14.3 Å². The van der Waals surface area contributed by atoms with Crippen LogP contribution in [0.15, 0.2) is 24.3 Å². The maximum absolute atomic E-state index is 13.7. The van der Waals surface area contributed by atoms with Gasteiger partial charge in [0.1, 0.15) is 5.75 Å². The van der Waals surface area contributed by atoms with Crippen LogP contribution in [0, 0.1) is 0 Å². The van der Waals surface area contributed by atoms with Crippen LogP contribution in [0.1, 0.15) is 20.3 Å². The molecule has 0 saturated carbocycles. The van der Waals surface area contributed by atoms with Gasteiger partial charge in [-0.2, -0.15) is 13.2 Å². The molecule has 6 nitrogen and oxygen atoms in total. The summed E-state index contributed by atoms with van der Waals surface area (Å²) in [4.78, 5) is 23.7. The molecule has 1 amide bonds. The third-order valence-electron chi connectivity index (χ3n) is 3.08. The molecule has 1 aromatic rings. The largest absolute Gasteiger partial charge is 0.495 e. The van der Waals surface area contributed by atoms with Gasteiger partial charge in [-0.25, -0.2) is 4.79 Å². The number of carbonyl (C=O) groups is 2. The number of ether oxygens (including phenoxy) is 2. The molecule has 24 heavy (non-hydrogen) atoms. The summed E-state index contributed by atoms with van der Waals surface area (Å²) in [5.41, 5.74) is -3.55. The van der Waals surface area contributed by atoms with Crippen molar-refractivity contribution in [3.05, 3.63) is 24.3 Å². The SMILES string of the molecule is CCOC(=O)[C@@](NC(=O)CC)(Nc1ccccc1OC)C(F)(F)F. The Bertz CT molecular complexity index is 592. The highest BCUT2D eigenvalue weighted by Gasteiger charge is 2.63. The first-order valence-corrected chi connectivity index (χ1v) is 7.18. The molecule has 2 N–H and O–H groups in total. The van der Waals surface area contributed by atoms with Crippen molar-refractivity contribution in [2.45, 2.75) is 32.1 Å². The van der Waals surface area contributed by atoms with Crippen LogP contribution in [0.5, 0.6) is 5.75 Å². The van der Waals surface area contributed by atoms with Crippen molar-refractivity contribution in [3.8, 4) is 5.75 Å². The number of hydrogen-bond acceptors (Lipinski definition) is 5. The zero-order valence-corrected chi connectivity index (χ0v) is 13.5. The molecule has 9 heteroatoms. The van der Waals surface area contributed by atoms with Crippen molar-refractivity contribution < 1.29 is 32.2 Å². The van der Waals surface area contributed by atoms with E-state index in [1.165, 1.54) is 39.2 Å². The number of nitrogens with one attached hydrogen (secondary N) is 2. The molecule has 0 aliphatic carbocycles. The zero-order chi connectivity index (χ0) is 18.4. The average Bonchev–Trinajstić information content (AvgIpc) is 2.53. The van der Waals surface area contributed by atoms with Gasteiger partial charge in [0.2, 0.25) is 5.91 Å². The summed E-state index contributed by atoms with van der Waals surface area (Å²) < 4.78 is 50.8. The standard InChI is InChI=1S/C15H19F3N2O4/c1-4-12(21)20-14(15(16,17)18,13(22)24-5-2)19-10-8-6-7-9-11(10)23-3/h6-9,19H,4-5H2,1-3H3,(H,20,21)/t14-/m0/s1. The molecular formula is C15H19F3N2O4. The van der Waals surface area contributed by atoms with Crippen LogP contribution in [0.4, 0.5) is 18.9 Å². The van der Waals surface area contributed by atoms with Gasteiger partial charge in [0, 0.05) is 6.42 Å². The second kappa shape index (κ2) is 7.89. The van der Waals surface area contributed by atoms with Gasteiger partial charge in [0.15, 0.2) is 0 Å². The number of esters is 1. The van der Waals surface area contributed by atoms with Crippen LogP contribution < -0.4 is 15.4 Å². The third-order valence-corrected chi connectivity index (χ3v) is 3.08. The van der Waals surface area contributed by atoms with Crippen molar-refractivity contribution in [2.75, 3.05) is 19.0 Å². The second-order valence-electron chi connectivity index (χ2n) is 4.70. The average molecular weight is 348 g/mol. The lowest BCUT2D eigenvalue weighted by Gasteiger charge is -2.35. The highest BCUT2D eigenvalue weighted by atomic mass is 19.4. The number of amides is 1. The molecule has 1 atom stereocenters. The van der Waals surface area contributed by atoms with Gasteiger partial charge in [-0.1, -0.05) is 19.1 Å². The minimum Gasteiger partial charge on any atom is -0.495 e. The monoisotopic (exact) mass is 348 g/mol. The van der Waals surface area contributed by atoms with Gasteiger partial charge in [-0.05, 0) is 19.1 Å². The van der Waals surface area contributed by atoms with E-state index in [0.29, 0.717) is 0 Å². The summed E-state index contributed by atoms with van der Waals surface area (Å²) in [5.74, 6) is -2.56. The molecule has 1 rings (SSSR count). The number of anilines is 1. The first-order valence-electron chi connectivity index (χ1n) is 7.18. The summed E-state index contributed by atoms with van der Waals surface area (Å²) in [7, 11) is 1.27. The van der Waals surface area contributed by atoms with E-state index in [9.17, 15) is 22.8 Å². The number of benzene rings is 1. The summed E-state index contributed by atoms with van der Waals surface area (Å²) >= 11 is 0. The van der Waals surface area contributed by atoms with Crippen LogP contribution in [0.3, 0.4) is 0 Å². The molecule has 0 heterocycles. The van der Waals surface area contributed by atoms with E-state index in [4.69, 9.17) is 4.74 Å². The quantitative estimate of drug-likeness (QED) is 0.585. The maximum atomic E-state index is 13.7. The molecule has 0 saturated heterocycles. The number of carbonyl (C=O) groups excluding carboxylic acids is 2. The normalized spacial score (nSPS) is 13.6. The van der Waals surface area contributed by atoms with Gasteiger partial charge in [-0.3, -0.25) is 4.79 Å². The minimum atomic E-state index is -5.16. The fourth-order valence-electron chi connectivity index (χ4n) is 1.88. The molecule has 0 aromatic heterocycles. The van der Waals surface area contributed by atoms with Crippen molar-refractivity contribution in [1.82, 2.24) is 5.32 Å². The molecule has 0 unspecified atom stereocenters.